The number of ether oxygens (including phenoxy) is 1. The normalized spacial score (nSPS) is 21.3. The van der Waals surface area contributed by atoms with Gasteiger partial charge in [0.25, 0.3) is 0 Å². The molecule has 1 aromatic rings. The molecule has 0 heterocycles. The molecule has 0 aromatic heterocycles. The Labute approximate surface area is 135 Å². The van der Waals surface area contributed by atoms with E-state index in [2.05, 4.69) is 24.3 Å². The standard InChI is InChI=1S/C18H24O2.C2H6/c1-20-16-9-10-17(14-3-2-4-14)18(11-16)15-7-5-13(12-19)6-8-15;1-2/h7,9-11,13-14,19H,2-6,8,12H2,1H3;1-2H3. The predicted molar refractivity (Wildman–Crippen MR) is 93.3 cm³/mol. The van der Waals surface area contributed by atoms with Gasteiger partial charge in [0, 0.05) is 6.61 Å². The molecule has 1 unspecified atom stereocenters. The molecule has 0 saturated heterocycles. The van der Waals surface area contributed by atoms with Crippen LogP contribution in [0.2, 0.25) is 0 Å². The van der Waals surface area contributed by atoms with Crippen molar-refractivity contribution >= 4 is 5.57 Å². The van der Waals surface area contributed by atoms with Gasteiger partial charge in [-0.25, -0.2) is 0 Å². The lowest BCUT2D eigenvalue weighted by molar-refractivity contribution is 0.218. The molecule has 1 fully saturated rings. The highest BCUT2D eigenvalue weighted by Crippen LogP contribution is 2.42. The van der Waals surface area contributed by atoms with Crippen LogP contribution in [0.1, 0.15) is 69.4 Å². The first-order valence-electron chi connectivity index (χ1n) is 8.80. The van der Waals surface area contributed by atoms with Crippen LogP contribution in [0.15, 0.2) is 24.3 Å². The average molecular weight is 302 g/mol. The molecule has 0 bridgehead atoms. The third kappa shape index (κ3) is 3.73. The minimum atomic E-state index is 0.317. The fraction of sp³-hybridized carbons (Fsp3) is 0.600. The Kier molecular flexibility index (Phi) is 6.50. The SMILES string of the molecule is CC.COc1ccc(C2CCC2)c(C2=CCC(CO)CC2)c1. The van der Waals surface area contributed by atoms with Crippen LogP contribution in [0.3, 0.4) is 0 Å². The lowest BCUT2D eigenvalue weighted by Crippen LogP contribution is -2.13. The molecule has 1 aromatic carbocycles. The minimum absolute atomic E-state index is 0.317. The third-order valence-corrected chi connectivity index (χ3v) is 4.93. The van der Waals surface area contributed by atoms with Crippen molar-refractivity contribution < 1.29 is 9.84 Å². The highest BCUT2D eigenvalue weighted by atomic mass is 16.5. The van der Waals surface area contributed by atoms with Crippen molar-refractivity contribution in [3.05, 3.63) is 35.4 Å². The van der Waals surface area contributed by atoms with E-state index in [4.69, 9.17) is 4.74 Å². The average Bonchev–Trinajstić information content (AvgIpc) is 2.55. The van der Waals surface area contributed by atoms with E-state index in [0.29, 0.717) is 12.5 Å². The van der Waals surface area contributed by atoms with Crippen molar-refractivity contribution in [3.63, 3.8) is 0 Å². The summed E-state index contributed by atoms with van der Waals surface area (Å²) in [6, 6.07) is 6.56. The van der Waals surface area contributed by atoms with Gasteiger partial charge in [0.15, 0.2) is 0 Å². The summed E-state index contributed by atoms with van der Waals surface area (Å²) in [6.07, 6.45) is 9.54. The molecular formula is C20H30O2. The lowest BCUT2D eigenvalue weighted by atomic mass is 9.75. The highest BCUT2D eigenvalue weighted by molar-refractivity contribution is 5.71. The first kappa shape index (κ1) is 17.1. The Morgan fingerprint density at radius 1 is 1.18 bits per heavy atom. The molecule has 0 spiro atoms. The number of rotatable bonds is 4. The van der Waals surface area contributed by atoms with Gasteiger partial charge in [-0.1, -0.05) is 32.4 Å². The van der Waals surface area contributed by atoms with Gasteiger partial charge in [-0.05, 0) is 72.8 Å². The number of aliphatic hydroxyl groups is 1. The second-order valence-electron chi connectivity index (χ2n) is 6.13. The summed E-state index contributed by atoms with van der Waals surface area (Å²) < 4.78 is 5.41. The van der Waals surface area contributed by atoms with E-state index in [1.807, 2.05) is 13.8 Å². The maximum Gasteiger partial charge on any atom is 0.119 e. The number of aliphatic hydroxyl groups excluding tert-OH is 1. The van der Waals surface area contributed by atoms with Gasteiger partial charge in [-0.3, -0.25) is 0 Å². The van der Waals surface area contributed by atoms with Crippen molar-refractivity contribution in [1.29, 1.82) is 0 Å². The summed E-state index contributed by atoms with van der Waals surface area (Å²) in [5.74, 6) is 2.15. The van der Waals surface area contributed by atoms with E-state index in [1.165, 1.54) is 36.0 Å². The van der Waals surface area contributed by atoms with Gasteiger partial charge in [0.05, 0.1) is 7.11 Å². The molecule has 3 rings (SSSR count). The number of benzene rings is 1. The molecule has 2 aliphatic rings. The summed E-state index contributed by atoms with van der Waals surface area (Å²) >= 11 is 0. The monoisotopic (exact) mass is 302 g/mol. The Hall–Kier alpha value is -1.28. The molecule has 0 amide bonds. The van der Waals surface area contributed by atoms with Crippen molar-refractivity contribution in [2.75, 3.05) is 13.7 Å². The minimum Gasteiger partial charge on any atom is -0.497 e. The summed E-state index contributed by atoms with van der Waals surface area (Å²) in [6.45, 7) is 4.32. The fourth-order valence-electron chi connectivity index (χ4n) is 3.31. The molecule has 0 aliphatic heterocycles. The van der Waals surface area contributed by atoms with E-state index in [-0.39, 0.29) is 0 Å². The van der Waals surface area contributed by atoms with E-state index >= 15 is 0 Å². The third-order valence-electron chi connectivity index (χ3n) is 4.93. The van der Waals surface area contributed by atoms with Crippen LogP contribution in [0.25, 0.3) is 5.57 Å². The zero-order chi connectivity index (χ0) is 15.9. The summed E-state index contributed by atoms with van der Waals surface area (Å²) in [7, 11) is 1.74. The van der Waals surface area contributed by atoms with Crippen molar-refractivity contribution in [1.82, 2.24) is 0 Å². The van der Waals surface area contributed by atoms with Crippen LogP contribution in [0, 0.1) is 5.92 Å². The Bertz CT molecular complexity index is 500. The largest absolute Gasteiger partial charge is 0.497 e. The van der Waals surface area contributed by atoms with Crippen LogP contribution in [-0.4, -0.2) is 18.8 Å². The topological polar surface area (TPSA) is 29.5 Å². The molecule has 0 radical (unpaired) electrons. The predicted octanol–water partition coefficient (Wildman–Crippen LogP) is 5.16. The van der Waals surface area contributed by atoms with Gasteiger partial charge >= 0.3 is 0 Å². The van der Waals surface area contributed by atoms with Gasteiger partial charge in [0.2, 0.25) is 0 Å². The summed E-state index contributed by atoms with van der Waals surface area (Å²) in [5, 5.41) is 9.27. The number of hydrogen-bond donors (Lipinski definition) is 1. The quantitative estimate of drug-likeness (QED) is 0.832. The van der Waals surface area contributed by atoms with Gasteiger partial charge in [-0.15, -0.1) is 0 Å². The number of hydrogen-bond acceptors (Lipinski definition) is 2. The Morgan fingerprint density at radius 2 is 1.95 bits per heavy atom. The van der Waals surface area contributed by atoms with Gasteiger partial charge in [-0.2, -0.15) is 0 Å². The highest BCUT2D eigenvalue weighted by Gasteiger charge is 2.24. The van der Waals surface area contributed by atoms with Crippen LogP contribution in [0.4, 0.5) is 0 Å². The zero-order valence-electron chi connectivity index (χ0n) is 14.3. The number of methoxy groups -OCH3 is 1. The van der Waals surface area contributed by atoms with Crippen molar-refractivity contribution in [2.45, 2.75) is 58.3 Å². The van der Waals surface area contributed by atoms with Gasteiger partial charge < -0.3 is 9.84 Å². The Balaban J connectivity index is 0.000000847. The van der Waals surface area contributed by atoms with E-state index in [9.17, 15) is 5.11 Å². The second kappa shape index (κ2) is 8.38. The molecule has 122 valence electrons. The van der Waals surface area contributed by atoms with Crippen molar-refractivity contribution in [2.24, 2.45) is 5.92 Å². The molecular weight excluding hydrogens is 272 g/mol. The second-order valence-corrected chi connectivity index (χ2v) is 6.13. The first-order valence-corrected chi connectivity index (χ1v) is 8.80. The Morgan fingerprint density at radius 3 is 2.45 bits per heavy atom. The van der Waals surface area contributed by atoms with Crippen molar-refractivity contribution in [3.8, 4) is 5.75 Å². The molecule has 2 heteroatoms. The van der Waals surface area contributed by atoms with Crippen LogP contribution in [0.5, 0.6) is 5.75 Å². The van der Waals surface area contributed by atoms with Crippen LogP contribution >= 0.6 is 0 Å². The molecule has 2 nitrogen and oxygen atoms in total. The van der Waals surface area contributed by atoms with E-state index < -0.39 is 0 Å². The molecule has 1 atom stereocenters. The van der Waals surface area contributed by atoms with E-state index in [0.717, 1.165) is 30.9 Å². The zero-order valence-corrected chi connectivity index (χ0v) is 14.3. The molecule has 2 aliphatic carbocycles. The lowest BCUT2D eigenvalue weighted by Gasteiger charge is -2.30. The summed E-state index contributed by atoms with van der Waals surface area (Å²) in [4.78, 5) is 0. The van der Waals surface area contributed by atoms with Crippen LogP contribution < -0.4 is 4.74 Å². The summed E-state index contributed by atoms with van der Waals surface area (Å²) in [5.41, 5.74) is 4.35. The first-order chi connectivity index (χ1) is 10.8. The number of allylic oxidation sites excluding steroid dienone is 2. The maximum absolute atomic E-state index is 9.27. The molecule has 1 N–H and O–H groups in total. The molecule has 22 heavy (non-hydrogen) atoms. The maximum atomic E-state index is 9.27. The molecule has 1 saturated carbocycles. The smallest absolute Gasteiger partial charge is 0.119 e. The fourth-order valence-corrected chi connectivity index (χ4v) is 3.31. The van der Waals surface area contributed by atoms with Gasteiger partial charge in [0.1, 0.15) is 5.75 Å². The van der Waals surface area contributed by atoms with E-state index in [1.54, 1.807) is 7.11 Å². The van der Waals surface area contributed by atoms with Crippen LogP contribution in [-0.2, 0) is 0 Å².